The van der Waals surface area contributed by atoms with Crippen LogP contribution in [0.4, 0.5) is 10.1 Å². The fourth-order valence-corrected chi connectivity index (χ4v) is 2.59. The monoisotopic (exact) mass is 486 g/mol. The summed E-state index contributed by atoms with van der Waals surface area (Å²) >= 11 is 6.34. The average Bonchev–Trinajstić information content (AvgIpc) is 2.60. The van der Waals surface area contributed by atoms with Gasteiger partial charge in [0.05, 0.1) is 5.69 Å². The van der Waals surface area contributed by atoms with Crippen molar-refractivity contribution in [3.05, 3.63) is 62.8 Å². The van der Waals surface area contributed by atoms with Crippen molar-refractivity contribution in [2.45, 2.75) is 0 Å². The molecule has 0 unspecified atom stereocenters. The second-order valence-electron chi connectivity index (χ2n) is 5.03. The van der Waals surface area contributed by atoms with E-state index in [4.69, 9.17) is 4.74 Å². The van der Waals surface area contributed by atoms with Crippen LogP contribution in [0.25, 0.3) is 0 Å². The molecule has 2 rings (SSSR count). The lowest BCUT2D eigenvalue weighted by Crippen LogP contribution is -2.32. The van der Waals surface area contributed by atoms with Crippen LogP contribution in [-0.4, -0.2) is 30.9 Å². The lowest BCUT2D eigenvalue weighted by Gasteiger charge is -2.08. The highest BCUT2D eigenvalue weighted by Gasteiger charge is 2.12. The lowest BCUT2D eigenvalue weighted by molar-refractivity contribution is -0.146. The first-order valence-corrected chi connectivity index (χ1v) is 8.88. The first kappa shape index (κ1) is 20.1. The third kappa shape index (κ3) is 6.23. The minimum atomic E-state index is -0.792. The van der Waals surface area contributed by atoms with E-state index in [2.05, 4.69) is 42.5 Å². The summed E-state index contributed by atoms with van der Waals surface area (Å²) in [6, 6.07) is 10.8. The summed E-state index contributed by atoms with van der Waals surface area (Å²) < 4.78 is 19.6. The number of benzene rings is 2. The largest absolute Gasteiger partial charge is 0.454 e. The first-order chi connectivity index (χ1) is 12.3. The molecule has 0 heterocycles. The summed E-state index contributed by atoms with van der Waals surface area (Å²) in [5, 5.41) is 4.67. The normalized spacial score (nSPS) is 10.1. The summed E-state index contributed by atoms with van der Waals surface area (Å²) in [6.07, 6.45) is 0. The molecule has 0 aromatic heterocycles. The van der Waals surface area contributed by atoms with Crippen LogP contribution in [0.3, 0.4) is 0 Å². The maximum atomic E-state index is 13.6. The van der Waals surface area contributed by atoms with Gasteiger partial charge in [0, 0.05) is 14.5 Å². The highest BCUT2D eigenvalue weighted by Crippen LogP contribution is 2.19. The highest BCUT2D eigenvalue weighted by molar-refractivity contribution is 9.10. The Kier molecular flexibility index (Phi) is 7.28. The third-order valence-electron chi connectivity index (χ3n) is 3.05. The standard InChI is InChI=1S/C17H13Br2FN2O4/c18-11-3-1-2-10(6-11)17(25)21-8-16(24)26-9-15(23)22-14-5-4-12(19)7-13(14)20/h1-7H,8-9H2,(H,21,25)(H,22,23). The number of anilines is 1. The molecule has 2 aromatic rings. The van der Waals surface area contributed by atoms with E-state index in [-0.39, 0.29) is 5.69 Å². The third-order valence-corrected chi connectivity index (χ3v) is 4.04. The zero-order valence-electron chi connectivity index (χ0n) is 13.2. The number of carbonyl (C=O) groups excluding carboxylic acids is 3. The number of hydrogen-bond acceptors (Lipinski definition) is 4. The molecular weight excluding hydrogens is 475 g/mol. The Balaban J connectivity index is 1.76. The van der Waals surface area contributed by atoms with Gasteiger partial charge in [0.15, 0.2) is 6.61 Å². The minimum Gasteiger partial charge on any atom is -0.454 e. The zero-order valence-corrected chi connectivity index (χ0v) is 16.4. The number of ether oxygens (including phenoxy) is 1. The Bertz CT molecular complexity index is 845. The number of carbonyl (C=O) groups is 3. The number of esters is 1. The Labute approximate surface area is 165 Å². The second-order valence-corrected chi connectivity index (χ2v) is 6.86. The van der Waals surface area contributed by atoms with E-state index in [0.29, 0.717) is 10.0 Å². The van der Waals surface area contributed by atoms with Gasteiger partial charge in [0.25, 0.3) is 11.8 Å². The van der Waals surface area contributed by atoms with E-state index in [9.17, 15) is 18.8 Å². The molecule has 0 spiro atoms. The van der Waals surface area contributed by atoms with Gasteiger partial charge in [-0.15, -0.1) is 0 Å². The number of hydrogen-bond donors (Lipinski definition) is 2. The summed E-state index contributed by atoms with van der Waals surface area (Å²) in [5.74, 6) is -2.57. The molecule has 2 aromatic carbocycles. The van der Waals surface area contributed by atoms with Crippen LogP contribution in [-0.2, 0) is 14.3 Å². The second kappa shape index (κ2) is 9.44. The van der Waals surface area contributed by atoms with Crippen molar-refractivity contribution in [2.24, 2.45) is 0 Å². The molecule has 0 saturated heterocycles. The van der Waals surface area contributed by atoms with E-state index in [1.165, 1.54) is 12.1 Å². The topological polar surface area (TPSA) is 84.5 Å². The SMILES string of the molecule is O=C(COC(=O)CNC(=O)c1cccc(Br)c1)Nc1ccc(Br)cc1F. The molecule has 9 heteroatoms. The predicted molar refractivity (Wildman–Crippen MR) is 100 cm³/mol. The van der Waals surface area contributed by atoms with Gasteiger partial charge in [0.2, 0.25) is 0 Å². The molecule has 0 aliphatic heterocycles. The maximum Gasteiger partial charge on any atom is 0.325 e. The fourth-order valence-electron chi connectivity index (χ4n) is 1.86. The van der Waals surface area contributed by atoms with Gasteiger partial charge in [-0.1, -0.05) is 37.9 Å². The fraction of sp³-hybridized carbons (Fsp3) is 0.118. The van der Waals surface area contributed by atoms with Crippen LogP contribution in [0.5, 0.6) is 0 Å². The van der Waals surface area contributed by atoms with Gasteiger partial charge in [0.1, 0.15) is 12.4 Å². The van der Waals surface area contributed by atoms with Crippen LogP contribution in [0.15, 0.2) is 51.4 Å². The van der Waals surface area contributed by atoms with Gasteiger partial charge < -0.3 is 15.4 Å². The lowest BCUT2D eigenvalue weighted by atomic mass is 10.2. The molecule has 26 heavy (non-hydrogen) atoms. The minimum absolute atomic E-state index is 0.0304. The molecule has 0 fully saturated rings. The molecular formula is C17H13Br2FN2O4. The van der Waals surface area contributed by atoms with Crippen molar-refractivity contribution in [2.75, 3.05) is 18.5 Å². The van der Waals surface area contributed by atoms with Crippen LogP contribution >= 0.6 is 31.9 Å². The van der Waals surface area contributed by atoms with E-state index in [1.54, 1.807) is 30.3 Å². The van der Waals surface area contributed by atoms with Gasteiger partial charge in [-0.25, -0.2) is 4.39 Å². The Morgan fingerprint density at radius 1 is 1.04 bits per heavy atom. The van der Waals surface area contributed by atoms with Crippen molar-refractivity contribution in [3.8, 4) is 0 Å². The Morgan fingerprint density at radius 3 is 2.46 bits per heavy atom. The molecule has 0 saturated carbocycles. The molecule has 2 amide bonds. The van der Waals surface area contributed by atoms with Crippen molar-refractivity contribution in [1.29, 1.82) is 0 Å². The average molecular weight is 488 g/mol. The molecule has 0 radical (unpaired) electrons. The summed E-state index contributed by atoms with van der Waals surface area (Å²) in [5.41, 5.74) is 0.341. The smallest absolute Gasteiger partial charge is 0.325 e. The van der Waals surface area contributed by atoms with Crippen LogP contribution in [0, 0.1) is 5.82 Å². The summed E-state index contributed by atoms with van der Waals surface area (Å²) in [4.78, 5) is 35.2. The van der Waals surface area contributed by atoms with Crippen molar-refractivity contribution in [1.82, 2.24) is 5.32 Å². The number of rotatable bonds is 6. The first-order valence-electron chi connectivity index (χ1n) is 7.29. The van der Waals surface area contributed by atoms with Gasteiger partial charge >= 0.3 is 5.97 Å². The molecule has 136 valence electrons. The van der Waals surface area contributed by atoms with Crippen molar-refractivity contribution in [3.63, 3.8) is 0 Å². The van der Waals surface area contributed by atoms with Crippen molar-refractivity contribution >= 4 is 55.3 Å². The van der Waals surface area contributed by atoms with E-state index in [1.807, 2.05) is 0 Å². The quantitative estimate of drug-likeness (QED) is 0.612. The molecule has 2 N–H and O–H groups in total. The number of nitrogens with one attached hydrogen (secondary N) is 2. The van der Waals surface area contributed by atoms with Crippen LogP contribution < -0.4 is 10.6 Å². The molecule has 0 bridgehead atoms. The van der Waals surface area contributed by atoms with Crippen LogP contribution in [0.2, 0.25) is 0 Å². The van der Waals surface area contributed by atoms with Crippen LogP contribution in [0.1, 0.15) is 10.4 Å². The molecule has 0 aliphatic carbocycles. The molecule has 0 aliphatic rings. The number of halogens is 3. The summed E-state index contributed by atoms with van der Waals surface area (Å²) in [6.45, 7) is -0.994. The van der Waals surface area contributed by atoms with Gasteiger partial charge in [-0.05, 0) is 36.4 Å². The summed E-state index contributed by atoms with van der Waals surface area (Å²) in [7, 11) is 0. The predicted octanol–water partition coefficient (Wildman–Crippen LogP) is 3.26. The molecule has 0 atom stereocenters. The zero-order chi connectivity index (χ0) is 19.1. The van der Waals surface area contributed by atoms with E-state index >= 15 is 0 Å². The Hall–Kier alpha value is -2.26. The van der Waals surface area contributed by atoms with Crippen molar-refractivity contribution < 1.29 is 23.5 Å². The van der Waals surface area contributed by atoms with E-state index in [0.717, 1.165) is 4.47 Å². The molecule has 6 nitrogen and oxygen atoms in total. The number of amides is 2. The van der Waals surface area contributed by atoms with Gasteiger partial charge in [-0.3, -0.25) is 14.4 Å². The maximum absolute atomic E-state index is 13.6. The van der Waals surface area contributed by atoms with Gasteiger partial charge in [-0.2, -0.15) is 0 Å². The Morgan fingerprint density at radius 2 is 1.77 bits per heavy atom. The highest BCUT2D eigenvalue weighted by atomic mass is 79.9. The van der Waals surface area contributed by atoms with E-state index < -0.39 is 36.8 Å².